The van der Waals surface area contributed by atoms with Crippen LogP contribution in [-0.2, 0) is 0 Å². The molecule has 1 rings (SSSR count). The number of halogens is 1. The van der Waals surface area contributed by atoms with Crippen molar-refractivity contribution in [3.8, 4) is 0 Å². The molecule has 12 heavy (non-hydrogen) atoms. The van der Waals surface area contributed by atoms with Gasteiger partial charge in [-0.3, -0.25) is 0 Å². The second kappa shape index (κ2) is 3.78. The van der Waals surface area contributed by atoms with E-state index in [4.69, 9.17) is 11.6 Å². The zero-order chi connectivity index (χ0) is 9.14. The van der Waals surface area contributed by atoms with E-state index < -0.39 is 0 Å². The topological polar surface area (TPSA) is 19.9 Å². The molecule has 0 saturated heterocycles. The van der Waals surface area contributed by atoms with Crippen LogP contribution in [0.3, 0.4) is 0 Å². The highest BCUT2D eigenvalue weighted by atomic mass is 35.5. The molecule has 0 amide bonds. The van der Waals surface area contributed by atoms with Gasteiger partial charge in [0.25, 0.3) is 0 Å². The third kappa shape index (κ3) is 1.90. The maximum atomic E-state index is 6.01. The lowest BCUT2D eigenvalue weighted by molar-refractivity contribution is -0.504. The summed E-state index contributed by atoms with van der Waals surface area (Å²) < 4.78 is 0. The Morgan fingerprint density at radius 2 is 2.08 bits per heavy atom. The number of hydrogen-bond donors (Lipinski definition) is 1. The van der Waals surface area contributed by atoms with Gasteiger partial charge in [-0.1, -0.05) is 11.6 Å². The van der Waals surface area contributed by atoms with Crippen molar-refractivity contribution in [3.05, 3.63) is 30.3 Å². The quantitative estimate of drug-likeness (QED) is 0.544. The van der Waals surface area contributed by atoms with E-state index in [0.29, 0.717) is 0 Å². The molecular weight excluding hydrogens is 172 g/mol. The van der Waals surface area contributed by atoms with Gasteiger partial charge >= 0.3 is 0 Å². The van der Waals surface area contributed by atoms with E-state index in [1.807, 2.05) is 37.2 Å². The van der Waals surface area contributed by atoms with E-state index in [-0.39, 0.29) is 0 Å². The predicted molar refractivity (Wildman–Crippen MR) is 52.7 cm³/mol. The molecule has 0 heterocycles. The smallest absolute Gasteiger partial charge is 0.105 e. The van der Waals surface area contributed by atoms with Crippen molar-refractivity contribution in [3.63, 3.8) is 0 Å². The molecule has 0 aromatic heterocycles. The van der Waals surface area contributed by atoms with Gasteiger partial charge < -0.3 is 10.2 Å². The Bertz CT molecular complexity index is 271. The Balaban J connectivity index is 3.03. The lowest BCUT2D eigenvalue weighted by atomic mass is 10.2. The van der Waals surface area contributed by atoms with Crippen molar-refractivity contribution in [2.45, 2.75) is 0 Å². The highest BCUT2D eigenvalue weighted by molar-refractivity contribution is 6.33. The van der Waals surface area contributed by atoms with Crippen molar-refractivity contribution in [2.24, 2.45) is 0 Å². The van der Waals surface area contributed by atoms with E-state index in [1.165, 1.54) is 0 Å². The number of benzene rings is 1. The van der Waals surface area contributed by atoms with Crippen LogP contribution in [0.15, 0.2) is 18.2 Å². The predicted octanol–water partition coefficient (Wildman–Crippen LogP) is 1.39. The van der Waals surface area contributed by atoms with Crippen molar-refractivity contribution < 1.29 is 5.32 Å². The molecule has 0 aliphatic rings. The Morgan fingerprint density at radius 3 is 2.50 bits per heavy atom. The average Bonchev–Trinajstić information content (AvgIpc) is 2.03. The van der Waals surface area contributed by atoms with Gasteiger partial charge in [-0.2, -0.15) is 0 Å². The van der Waals surface area contributed by atoms with E-state index in [2.05, 4.69) is 7.05 Å². The highest BCUT2D eigenvalue weighted by Gasteiger charge is 2.02. The van der Waals surface area contributed by atoms with Gasteiger partial charge in [0.2, 0.25) is 0 Å². The molecule has 2 nitrogen and oxygen atoms in total. The first kappa shape index (κ1) is 9.36. The summed E-state index contributed by atoms with van der Waals surface area (Å²) in [6.45, 7) is 0. The van der Waals surface area contributed by atoms with Crippen LogP contribution < -0.4 is 10.2 Å². The van der Waals surface area contributed by atoms with Crippen molar-refractivity contribution in [1.82, 2.24) is 0 Å². The van der Waals surface area contributed by atoms with Gasteiger partial charge in [0.1, 0.15) is 5.69 Å². The molecule has 0 radical (unpaired) electrons. The minimum atomic E-state index is 0.761. The van der Waals surface area contributed by atoms with Crippen LogP contribution >= 0.6 is 11.6 Å². The van der Waals surface area contributed by atoms with Gasteiger partial charge in [0.05, 0.1) is 10.7 Å². The number of quaternary nitrogens is 1. The minimum absolute atomic E-state index is 0.761. The van der Waals surface area contributed by atoms with Crippen LogP contribution in [0, 0.1) is 7.05 Å². The second-order valence-corrected chi connectivity index (χ2v) is 3.22. The number of nitrogens with two attached hydrogens (primary N) is 1. The van der Waals surface area contributed by atoms with E-state index in [9.17, 15) is 0 Å². The Hall–Kier alpha value is -0.730. The first-order chi connectivity index (χ1) is 5.65. The van der Waals surface area contributed by atoms with Gasteiger partial charge in [-0.15, -0.1) is 7.05 Å². The first-order valence-corrected chi connectivity index (χ1v) is 4.12. The van der Waals surface area contributed by atoms with E-state index in [1.54, 1.807) is 5.32 Å². The molecule has 0 bridgehead atoms. The van der Waals surface area contributed by atoms with Crippen LogP contribution in [0.25, 0.3) is 0 Å². The summed E-state index contributed by atoms with van der Waals surface area (Å²) in [6.07, 6.45) is 0. The molecule has 1 aromatic rings. The maximum absolute atomic E-state index is 6.01. The molecule has 66 valence electrons. The van der Waals surface area contributed by atoms with E-state index in [0.717, 1.165) is 16.4 Å². The monoisotopic (exact) mass is 184 g/mol. The van der Waals surface area contributed by atoms with Gasteiger partial charge in [0.15, 0.2) is 0 Å². The Morgan fingerprint density at radius 1 is 1.42 bits per heavy atom. The molecule has 2 N–H and O–H groups in total. The summed E-state index contributed by atoms with van der Waals surface area (Å²) in [4.78, 5) is 1.98. The van der Waals surface area contributed by atoms with Crippen molar-refractivity contribution in [1.29, 1.82) is 0 Å². The summed E-state index contributed by atoms with van der Waals surface area (Å²) in [7, 11) is 7.61. The molecule has 3 heteroatoms. The Kier molecular flexibility index (Phi) is 2.95. The lowest BCUT2D eigenvalue weighted by Gasteiger charge is -2.14. The number of nitrogens with zero attached hydrogens (tertiary/aromatic N) is 1. The number of rotatable bonds is 2. The molecule has 0 unspecified atom stereocenters. The average molecular weight is 185 g/mol. The van der Waals surface area contributed by atoms with E-state index >= 15 is 0 Å². The zero-order valence-electron chi connectivity index (χ0n) is 7.34. The first-order valence-electron chi connectivity index (χ1n) is 3.74. The normalized spacial score (nSPS) is 10.0. The summed E-state index contributed by atoms with van der Waals surface area (Å²) >= 11 is 6.01. The molecule has 0 aliphatic carbocycles. The molecule has 0 fully saturated rings. The maximum Gasteiger partial charge on any atom is 0.105 e. The molecule has 0 atom stereocenters. The van der Waals surface area contributed by atoms with Crippen LogP contribution in [0.1, 0.15) is 0 Å². The van der Waals surface area contributed by atoms with Crippen LogP contribution in [-0.4, -0.2) is 14.1 Å². The summed E-state index contributed by atoms with van der Waals surface area (Å²) in [5, 5.41) is 2.54. The standard InChI is InChI=1S/C9H13ClN2/c1-11-7-4-5-9(12(2)3)8(10)6-7/h4-6H,1,11H2,2-3H3. The third-order valence-corrected chi connectivity index (χ3v) is 1.99. The fourth-order valence-electron chi connectivity index (χ4n) is 1.01. The SMILES string of the molecule is [CH2-][NH2+]c1ccc(N(C)C)c(Cl)c1. The molecule has 0 aliphatic heterocycles. The van der Waals surface area contributed by atoms with Crippen molar-refractivity contribution >= 4 is 23.0 Å². The Labute approximate surface area is 78.1 Å². The highest BCUT2D eigenvalue weighted by Crippen LogP contribution is 2.25. The largest absolute Gasteiger partial charge is 0.446 e. The fourth-order valence-corrected chi connectivity index (χ4v) is 1.37. The lowest BCUT2D eigenvalue weighted by Crippen LogP contribution is -2.69. The third-order valence-electron chi connectivity index (χ3n) is 1.69. The van der Waals surface area contributed by atoms with Crippen LogP contribution in [0.4, 0.5) is 11.4 Å². The fraction of sp³-hybridized carbons (Fsp3) is 0.222. The minimum Gasteiger partial charge on any atom is -0.446 e. The summed E-state index contributed by atoms with van der Waals surface area (Å²) in [6, 6.07) is 5.89. The van der Waals surface area contributed by atoms with Crippen molar-refractivity contribution in [2.75, 3.05) is 19.0 Å². The molecule has 1 aromatic carbocycles. The van der Waals surface area contributed by atoms with Gasteiger partial charge in [-0.25, -0.2) is 0 Å². The van der Waals surface area contributed by atoms with Crippen LogP contribution in [0.2, 0.25) is 5.02 Å². The summed E-state index contributed by atoms with van der Waals surface area (Å²) in [5.74, 6) is 0. The number of hydrogen-bond acceptors (Lipinski definition) is 1. The van der Waals surface area contributed by atoms with Gasteiger partial charge in [0, 0.05) is 20.2 Å². The molecule has 0 saturated carbocycles. The molecule has 0 spiro atoms. The summed E-state index contributed by atoms with van der Waals surface area (Å²) in [5.41, 5.74) is 2.08. The molecular formula is C9H13ClN2. The number of anilines is 1. The second-order valence-electron chi connectivity index (χ2n) is 2.81. The van der Waals surface area contributed by atoms with Gasteiger partial charge in [-0.05, 0) is 12.1 Å². The zero-order valence-corrected chi connectivity index (χ0v) is 8.10. The van der Waals surface area contributed by atoms with Crippen LogP contribution in [0.5, 0.6) is 0 Å².